The topological polar surface area (TPSA) is 26.0 Å². The van der Waals surface area contributed by atoms with Crippen LogP contribution in [0.1, 0.15) is 17.2 Å². The highest BCUT2D eigenvalue weighted by Gasteiger charge is 2.13. The van der Waals surface area contributed by atoms with E-state index < -0.39 is 0 Å². The molecule has 0 aliphatic carbocycles. The zero-order valence-corrected chi connectivity index (χ0v) is 12.7. The van der Waals surface area contributed by atoms with Gasteiger partial charge >= 0.3 is 0 Å². The maximum atomic E-state index is 13.7. The number of nitrogens with two attached hydrogens (primary N) is 1. The summed E-state index contributed by atoms with van der Waals surface area (Å²) in [5, 5.41) is 0. The standard InChI is InChI=1S/C14H12Br2FN/c15-10-5-6-13(17)11(8-10)14(18)7-9-3-1-2-4-12(9)16/h1-6,8,14H,7,18H2. The summed E-state index contributed by atoms with van der Waals surface area (Å²) in [6, 6.07) is 12.3. The summed E-state index contributed by atoms with van der Waals surface area (Å²) in [6.45, 7) is 0. The predicted octanol–water partition coefficient (Wildman–Crippen LogP) is 4.59. The maximum Gasteiger partial charge on any atom is 0.128 e. The first-order chi connectivity index (χ1) is 8.58. The van der Waals surface area contributed by atoms with E-state index in [0.717, 1.165) is 14.5 Å². The Hall–Kier alpha value is -0.710. The molecule has 0 bridgehead atoms. The fourth-order valence-electron chi connectivity index (χ4n) is 1.81. The van der Waals surface area contributed by atoms with E-state index in [1.54, 1.807) is 12.1 Å². The fraction of sp³-hybridized carbons (Fsp3) is 0.143. The lowest BCUT2D eigenvalue weighted by atomic mass is 9.99. The van der Waals surface area contributed by atoms with Gasteiger partial charge in [0.2, 0.25) is 0 Å². The lowest BCUT2D eigenvalue weighted by Gasteiger charge is -2.14. The molecule has 0 aliphatic heterocycles. The molecule has 2 aromatic rings. The van der Waals surface area contributed by atoms with Crippen molar-refractivity contribution in [2.75, 3.05) is 0 Å². The average molecular weight is 373 g/mol. The molecule has 1 nitrogen and oxygen atoms in total. The van der Waals surface area contributed by atoms with Crippen molar-refractivity contribution in [2.45, 2.75) is 12.5 Å². The molecule has 2 rings (SSSR count). The molecule has 0 amide bonds. The van der Waals surface area contributed by atoms with Crippen molar-refractivity contribution in [1.29, 1.82) is 0 Å². The molecule has 4 heteroatoms. The largest absolute Gasteiger partial charge is 0.324 e. The summed E-state index contributed by atoms with van der Waals surface area (Å²) in [5.74, 6) is -0.266. The summed E-state index contributed by atoms with van der Waals surface area (Å²) >= 11 is 6.80. The number of hydrogen-bond donors (Lipinski definition) is 1. The van der Waals surface area contributed by atoms with Crippen molar-refractivity contribution in [3.8, 4) is 0 Å². The third-order valence-electron chi connectivity index (χ3n) is 2.76. The van der Waals surface area contributed by atoms with E-state index in [1.165, 1.54) is 6.07 Å². The van der Waals surface area contributed by atoms with Crippen LogP contribution in [0.15, 0.2) is 51.4 Å². The van der Waals surface area contributed by atoms with Gasteiger partial charge in [0.25, 0.3) is 0 Å². The minimum absolute atomic E-state index is 0.266. The molecule has 1 atom stereocenters. The molecule has 0 saturated carbocycles. The van der Waals surface area contributed by atoms with Crippen LogP contribution < -0.4 is 5.73 Å². The van der Waals surface area contributed by atoms with Crippen molar-refractivity contribution >= 4 is 31.9 Å². The zero-order chi connectivity index (χ0) is 13.1. The van der Waals surface area contributed by atoms with E-state index >= 15 is 0 Å². The van der Waals surface area contributed by atoms with Crippen molar-refractivity contribution in [1.82, 2.24) is 0 Å². The van der Waals surface area contributed by atoms with Crippen molar-refractivity contribution < 1.29 is 4.39 Å². The van der Waals surface area contributed by atoms with Crippen LogP contribution in [0.4, 0.5) is 4.39 Å². The van der Waals surface area contributed by atoms with E-state index in [1.807, 2.05) is 24.3 Å². The normalized spacial score (nSPS) is 12.4. The molecule has 1 unspecified atom stereocenters. The Balaban J connectivity index is 2.25. The molecule has 0 radical (unpaired) electrons. The van der Waals surface area contributed by atoms with Gasteiger partial charge in [-0.15, -0.1) is 0 Å². The smallest absolute Gasteiger partial charge is 0.128 e. The van der Waals surface area contributed by atoms with Gasteiger partial charge in [-0.25, -0.2) is 4.39 Å². The molecule has 94 valence electrons. The van der Waals surface area contributed by atoms with Gasteiger partial charge in [-0.1, -0.05) is 50.1 Å². The minimum Gasteiger partial charge on any atom is -0.324 e. The third-order valence-corrected chi connectivity index (χ3v) is 4.02. The van der Waals surface area contributed by atoms with Gasteiger partial charge in [-0.3, -0.25) is 0 Å². The Morgan fingerprint density at radius 1 is 1.11 bits per heavy atom. The van der Waals surface area contributed by atoms with E-state index in [2.05, 4.69) is 31.9 Å². The second-order valence-electron chi connectivity index (χ2n) is 4.07. The van der Waals surface area contributed by atoms with Crippen LogP contribution in [0.3, 0.4) is 0 Å². The van der Waals surface area contributed by atoms with E-state index in [4.69, 9.17) is 5.73 Å². The molecular weight excluding hydrogens is 361 g/mol. The quantitative estimate of drug-likeness (QED) is 0.837. The first kappa shape index (κ1) is 13.7. The van der Waals surface area contributed by atoms with Crippen molar-refractivity contribution in [3.05, 3.63) is 68.4 Å². The van der Waals surface area contributed by atoms with Gasteiger partial charge in [-0.2, -0.15) is 0 Å². The molecule has 18 heavy (non-hydrogen) atoms. The Kier molecular flexibility index (Phi) is 4.54. The number of halogens is 3. The summed E-state index contributed by atoms with van der Waals surface area (Å²) < 4.78 is 15.5. The Labute approximate surface area is 122 Å². The maximum absolute atomic E-state index is 13.7. The van der Waals surface area contributed by atoms with E-state index in [0.29, 0.717) is 12.0 Å². The molecule has 0 heterocycles. The lowest BCUT2D eigenvalue weighted by Crippen LogP contribution is -2.15. The van der Waals surface area contributed by atoms with Gasteiger partial charge in [0, 0.05) is 20.6 Å². The molecule has 0 aliphatic rings. The van der Waals surface area contributed by atoms with Crippen LogP contribution in [0.5, 0.6) is 0 Å². The van der Waals surface area contributed by atoms with Crippen LogP contribution in [-0.4, -0.2) is 0 Å². The third kappa shape index (κ3) is 3.19. The molecule has 0 spiro atoms. The summed E-state index contributed by atoms with van der Waals surface area (Å²) in [7, 11) is 0. The van der Waals surface area contributed by atoms with Crippen LogP contribution in [-0.2, 0) is 6.42 Å². The monoisotopic (exact) mass is 371 g/mol. The Bertz CT molecular complexity index is 557. The highest BCUT2D eigenvalue weighted by molar-refractivity contribution is 9.10. The first-order valence-corrected chi connectivity index (χ1v) is 7.10. The highest BCUT2D eigenvalue weighted by Crippen LogP contribution is 2.25. The lowest BCUT2D eigenvalue weighted by molar-refractivity contribution is 0.579. The van der Waals surface area contributed by atoms with Gasteiger partial charge in [0.15, 0.2) is 0 Å². The molecule has 0 saturated heterocycles. The summed E-state index contributed by atoms with van der Waals surface area (Å²) in [6.07, 6.45) is 0.592. The van der Waals surface area contributed by atoms with Gasteiger partial charge < -0.3 is 5.73 Å². The Morgan fingerprint density at radius 2 is 1.83 bits per heavy atom. The van der Waals surface area contributed by atoms with Crippen molar-refractivity contribution in [2.24, 2.45) is 5.73 Å². The van der Waals surface area contributed by atoms with Gasteiger partial charge in [0.1, 0.15) is 5.82 Å². The van der Waals surface area contributed by atoms with Crippen LogP contribution in [0.2, 0.25) is 0 Å². The predicted molar refractivity (Wildman–Crippen MR) is 78.9 cm³/mol. The second kappa shape index (κ2) is 5.95. The first-order valence-electron chi connectivity index (χ1n) is 5.52. The van der Waals surface area contributed by atoms with Gasteiger partial charge in [-0.05, 0) is 36.2 Å². The average Bonchev–Trinajstić information content (AvgIpc) is 2.35. The number of hydrogen-bond acceptors (Lipinski definition) is 1. The minimum atomic E-state index is -0.360. The molecular formula is C14H12Br2FN. The molecule has 0 aromatic heterocycles. The highest BCUT2D eigenvalue weighted by atomic mass is 79.9. The van der Waals surface area contributed by atoms with Crippen LogP contribution in [0.25, 0.3) is 0 Å². The zero-order valence-electron chi connectivity index (χ0n) is 9.54. The Morgan fingerprint density at radius 3 is 2.56 bits per heavy atom. The van der Waals surface area contributed by atoms with E-state index in [-0.39, 0.29) is 11.9 Å². The van der Waals surface area contributed by atoms with Crippen LogP contribution in [0, 0.1) is 5.82 Å². The fourth-order valence-corrected chi connectivity index (χ4v) is 2.64. The van der Waals surface area contributed by atoms with Crippen molar-refractivity contribution in [3.63, 3.8) is 0 Å². The van der Waals surface area contributed by atoms with Crippen LogP contribution >= 0.6 is 31.9 Å². The number of rotatable bonds is 3. The number of benzene rings is 2. The van der Waals surface area contributed by atoms with Gasteiger partial charge in [0.05, 0.1) is 0 Å². The molecule has 2 N–H and O–H groups in total. The van der Waals surface area contributed by atoms with E-state index in [9.17, 15) is 4.39 Å². The summed E-state index contributed by atoms with van der Waals surface area (Å²) in [5.41, 5.74) is 7.69. The molecule has 0 fully saturated rings. The molecule has 2 aromatic carbocycles. The second-order valence-corrected chi connectivity index (χ2v) is 5.84. The SMILES string of the molecule is NC(Cc1ccccc1Br)c1cc(Br)ccc1F. The summed E-state index contributed by atoms with van der Waals surface area (Å²) in [4.78, 5) is 0.